The summed E-state index contributed by atoms with van der Waals surface area (Å²) in [5.41, 5.74) is -0.0873. The van der Waals surface area contributed by atoms with Crippen molar-refractivity contribution in [3.63, 3.8) is 0 Å². The van der Waals surface area contributed by atoms with Crippen molar-refractivity contribution in [2.45, 2.75) is 38.1 Å². The number of benzene rings is 1. The minimum Gasteiger partial charge on any atom is -0.376 e. The van der Waals surface area contributed by atoms with Gasteiger partial charge in [-0.1, -0.05) is 0 Å². The van der Waals surface area contributed by atoms with Crippen LogP contribution in [0.15, 0.2) is 36.5 Å². The van der Waals surface area contributed by atoms with Crippen LogP contribution < -0.4 is 5.32 Å². The van der Waals surface area contributed by atoms with Gasteiger partial charge < -0.3 is 10.1 Å². The summed E-state index contributed by atoms with van der Waals surface area (Å²) in [6.07, 6.45) is -1.32. The Morgan fingerprint density at radius 3 is 2.60 bits per heavy atom. The Labute approximate surface area is 142 Å². The zero-order valence-electron chi connectivity index (χ0n) is 13.6. The van der Waals surface area contributed by atoms with Crippen LogP contribution in [0.1, 0.15) is 35.8 Å². The Morgan fingerprint density at radius 2 is 2.04 bits per heavy atom. The van der Waals surface area contributed by atoms with Crippen LogP contribution in [0.25, 0.3) is 5.69 Å². The normalized spacial score (nSPS) is 19.0. The lowest BCUT2D eigenvalue weighted by Crippen LogP contribution is -2.40. The largest absolute Gasteiger partial charge is 0.435 e. The monoisotopic (exact) mass is 353 g/mol. The second-order valence-electron chi connectivity index (χ2n) is 6.00. The third kappa shape index (κ3) is 4.01. The minimum atomic E-state index is -4.48. The van der Waals surface area contributed by atoms with Crippen molar-refractivity contribution in [3.05, 3.63) is 47.8 Å². The highest BCUT2D eigenvalue weighted by atomic mass is 19.4. The summed E-state index contributed by atoms with van der Waals surface area (Å²) in [4.78, 5) is 12.3. The molecule has 1 aromatic carbocycles. The summed E-state index contributed by atoms with van der Waals surface area (Å²) in [5, 5.41) is 6.39. The average Bonchev–Trinajstić information content (AvgIpc) is 3.26. The zero-order valence-corrected chi connectivity index (χ0v) is 13.6. The maximum absolute atomic E-state index is 12.6. The molecular formula is C17H18F3N3O2. The number of carbonyl (C=O) groups excluding carboxylic acids is 1. The molecule has 0 unspecified atom stereocenters. The van der Waals surface area contributed by atoms with Crippen molar-refractivity contribution in [3.8, 4) is 5.69 Å². The number of rotatable bonds is 4. The summed E-state index contributed by atoms with van der Waals surface area (Å²) >= 11 is 0. The van der Waals surface area contributed by atoms with Gasteiger partial charge in [0, 0.05) is 18.4 Å². The van der Waals surface area contributed by atoms with Crippen LogP contribution in [0.4, 0.5) is 13.2 Å². The molecule has 8 heteroatoms. The molecule has 2 heterocycles. The van der Waals surface area contributed by atoms with Crippen LogP contribution in [0.3, 0.4) is 0 Å². The lowest BCUT2D eigenvalue weighted by molar-refractivity contribution is -0.141. The van der Waals surface area contributed by atoms with Crippen LogP contribution in [0.2, 0.25) is 0 Å². The van der Waals surface area contributed by atoms with Gasteiger partial charge in [0.05, 0.1) is 17.8 Å². The maximum Gasteiger partial charge on any atom is 0.435 e. The molecule has 1 amide bonds. The van der Waals surface area contributed by atoms with Crippen molar-refractivity contribution in [2.24, 2.45) is 0 Å². The van der Waals surface area contributed by atoms with Gasteiger partial charge in [-0.3, -0.25) is 4.79 Å². The van der Waals surface area contributed by atoms with Crippen LogP contribution in [-0.2, 0) is 10.9 Å². The number of nitrogens with one attached hydrogen (secondary N) is 1. The summed E-state index contributed by atoms with van der Waals surface area (Å²) in [5.74, 6) is -0.244. The maximum atomic E-state index is 12.6. The van der Waals surface area contributed by atoms with E-state index in [1.807, 2.05) is 6.92 Å². The molecule has 1 aliphatic rings. The molecule has 134 valence electrons. The number of aromatic nitrogens is 2. The zero-order chi connectivity index (χ0) is 18.0. The fourth-order valence-corrected chi connectivity index (χ4v) is 2.76. The summed E-state index contributed by atoms with van der Waals surface area (Å²) in [6.45, 7) is 2.61. The third-order valence-electron chi connectivity index (χ3n) is 4.15. The second-order valence-corrected chi connectivity index (χ2v) is 6.00. The van der Waals surface area contributed by atoms with Crippen molar-refractivity contribution in [2.75, 3.05) is 6.61 Å². The van der Waals surface area contributed by atoms with Gasteiger partial charge in [0.15, 0.2) is 5.69 Å². The average molecular weight is 353 g/mol. The van der Waals surface area contributed by atoms with E-state index in [0.29, 0.717) is 17.9 Å². The topological polar surface area (TPSA) is 56.2 Å². The van der Waals surface area contributed by atoms with Gasteiger partial charge in [-0.25, -0.2) is 4.68 Å². The fraction of sp³-hybridized carbons (Fsp3) is 0.412. The third-order valence-corrected chi connectivity index (χ3v) is 4.15. The minimum absolute atomic E-state index is 0.0214. The van der Waals surface area contributed by atoms with E-state index in [-0.39, 0.29) is 18.1 Å². The number of halogens is 3. The van der Waals surface area contributed by atoms with E-state index in [0.717, 1.165) is 23.6 Å². The summed E-state index contributed by atoms with van der Waals surface area (Å²) in [7, 11) is 0. The smallest absolute Gasteiger partial charge is 0.376 e. The van der Waals surface area contributed by atoms with E-state index in [4.69, 9.17) is 4.74 Å². The highest BCUT2D eigenvalue weighted by molar-refractivity contribution is 5.94. The molecule has 1 aromatic heterocycles. The van der Waals surface area contributed by atoms with Crippen molar-refractivity contribution in [1.29, 1.82) is 0 Å². The Morgan fingerprint density at radius 1 is 1.32 bits per heavy atom. The quantitative estimate of drug-likeness (QED) is 0.918. The summed E-state index contributed by atoms with van der Waals surface area (Å²) < 4.78 is 44.5. The molecule has 2 atom stereocenters. The first-order valence-electron chi connectivity index (χ1n) is 8.00. The molecule has 3 rings (SSSR count). The Bertz CT molecular complexity index is 734. The standard InChI is InChI=1S/C17H18F3N3O2/c1-11(14-3-2-10-25-14)21-16(24)12-4-6-13(7-5-12)23-9-8-15(22-23)17(18,19)20/h4-9,11,14H,2-3,10H2,1H3,(H,21,24)/t11-,14-/m0/s1. The molecule has 0 radical (unpaired) electrons. The van der Waals surface area contributed by atoms with E-state index in [1.165, 1.54) is 6.20 Å². The van der Waals surface area contributed by atoms with Gasteiger partial charge >= 0.3 is 6.18 Å². The molecule has 1 fully saturated rings. The second kappa shape index (κ2) is 6.87. The van der Waals surface area contributed by atoms with Crippen LogP contribution in [-0.4, -0.2) is 34.4 Å². The van der Waals surface area contributed by atoms with Crippen LogP contribution in [0.5, 0.6) is 0 Å². The molecule has 0 saturated carbocycles. The van der Waals surface area contributed by atoms with E-state index < -0.39 is 11.9 Å². The lowest BCUT2D eigenvalue weighted by atomic mass is 10.1. The highest BCUT2D eigenvalue weighted by Crippen LogP contribution is 2.27. The number of nitrogens with zero attached hydrogens (tertiary/aromatic N) is 2. The predicted octanol–water partition coefficient (Wildman–Crippen LogP) is 3.19. The van der Waals surface area contributed by atoms with Gasteiger partial charge in [-0.15, -0.1) is 0 Å². The molecule has 0 spiro atoms. The number of hydrogen-bond acceptors (Lipinski definition) is 3. The van der Waals surface area contributed by atoms with E-state index in [2.05, 4.69) is 10.4 Å². The van der Waals surface area contributed by atoms with Gasteiger partial charge in [-0.2, -0.15) is 18.3 Å². The summed E-state index contributed by atoms with van der Waals surface area (Å²) in [6, 6.07) is 7.03. The molecule has 5 nitrogen and oxygen atoms in total. The number of carbonyl (C=O) groups is 1. The van der Waals surface area contributed by atoms with Crippen molar-refractivity contribution >= 4 is 5.91 Å². The molecule has 1 aliphatic heterocycles. The van der Waals surface area contributed by atoms with Crippen molar-refractivity contribution in [1.82, 2.24) is 15.1 Å². The van der Waals surface area contributed by atoms with Crippen LogP contribution >= 0.6 is 0 Å². The molecule has 1 saturated heterocycles. The van der Waals surface area contributed by atoms with E-state index in [9.17, 15) is 18.0 Å². The predicted molar refractivity (Wildman–Crippen MR) is 84.5 cm³/mol. The molecule has 2 aromatic rings. The molecule has 0 bridgehead atoms. The van der Waals surface area contributed by atoms with Gasteiger partial charge in [0.1, 0.15) is 0 Å². The number of ether oxygens (including phenoxy) is 1. The molecule has 25 heavy (non-hydrogen) atoms. The SMILES string of the molecule is C[C@H](NC(=O)c1ccc(-n2ccc(C(F)(F)F)n2)cc1)[C@@H]1CCCO1. The van der Waals surface area contributed by atoms with E-state index in [1.54, 1.807) is 24.3 Å². The Kier molecular flexibility index (Phi) is 4.80. The van der Waals surface area contributed by atoms with Gasteiger partial charge in [-0.05, 0) is 50.1 Å². The Hall–Kier alpha value is -2.35. The van der Waals surface area contributed by atoms with Gasteiger partial charge in [0.25, 0.3) is 5.91 Å². The Balaban J connectivity index is 1.67. The first-order chi connectivity index (χ1) is 11.8. The number of hydrogen-bond donors (Lipinski definition) is 1. The lowest BCUT2D eigenvalue weighted by Gasteiger charge is -2.20. The van der Waals surface area contributed by atoms with Gasteiger partial charge in [0.2, 0.25) is 0 Å². The molecule has 0 aliphatic carbocycles. The first-order valence-corrected chi connectivity index (χ1v) is 8.00. The van der Waals surface area contributed by atoms with Crippen molar-refractivity contribution < 1.29 is 22.7 Å². The van der Waals surface area contributed by atoms with E-state index >= 15 is 0 Å². The number of alkyl halides is 3. The first kappa shape index (κ1) is 17.5. The molecule has 1 N–H and O–H groups in total. The molecular weight excluding hydrogens is 335 g/mol. The highest BCUT2D eigenvalue weighted by Gasteiger charge is 2.33. The number of amides is 1. The fourth-order valence-electron chi connectivity index (χ4n) is 2.76. The van der Waals surface area contributed by atoms with Crippen LogP contribution in [0, 0.1) is 0 Å².